The Labute approximate surface area is 136 Å². The number of pyridine rings is 1. The first-order valence-corrected chi connectivity index (χ1v) is 7.48. The summed E-state index contributed by atoms with van der Waals surface area (Å²) < 4.78 is 5.52. The Kier molecular flexibility index (Phi) is 4.48. The highest BCUT2D eigenvalue weighted by atomic mass is 16.5. The summed E-state index contributed by atoms with van der Waals surface area (Å²) in [6, 6.07) is 21.9. The van der Waals surface area contributed by atoms with Crippen molar-refractivity contribution in [1.29, 1.82) is 0 Å². The van der Waals surface area contributed by atoms with Crippen LogP contribution in [0.1, 0.15) is 16.8 Å². The number of nitrogens with zero attached hydrogens (tertiary/aromatic N) is 2. The van der Waals surface area contributed by atoms with E-state index in [1.807, 2.05) is 73.7 Å². The van der Waals surface area contributed by atoms with E-state index in [2.05, 4.69) is 4.98 Å². The molecular formula is C20H18N2O. The van der Waals surface area contributed by atoms with Crippen LogP contribution in [-0.4, -0.2) is 17.8 Å². The van der Waals surface area contributed by atoms with Gasteiger partial charge in [0.15, 0.2) is 0 Å². The van der Waals surface area contributed by atoms with E-state index < -0.39 is 0 Å². The van der Waals surface area contributed by atoms with E-state index in [9.17, 15) is 0 Å². The van der Waals surface area contributed by atoms with Crippen LogP contribution in [0.2, 0.25) is 0 Å². The van der Waals surface area contributed by atoms with Crippen LogP contribution in [0.25, 0.3) is 0 Å². The molecule has 0 atom stereocenters. The van der Waals surface area contributed by atoms with Gasteiger partial charge in [-0.25, -0.2) is 4.99 Å². The monoisotopic (exact) mass is 302 g/mol. The number of ether oxygens (including phenoxy) is 1. The molecule has 3 nitrogen and oxygen atoms in total. The van der Waals surface area contributed by atoms with Gasteiger partial charge in [0, 0.05) is 11.8 Å². The molecule has 1 heterocycles. The molecule has 0 amide bonds. The smallest absolute Gasteiger partial charge is 0.147 e. The van der Waals surface area contributed by atoms with Crippen LogP contribution >= 0.6 is 0 Å². The van der Waals surface area contributed by atoms with E-state index in [0.29, 0.717) is 0 Å². The molecular weight excluding hydrogens is 284 g/mol. The van der Waals surface area contributed by atoms with E-state index in [0.717, 1.165) is 34.0 Å². The number of aliphatic imine (C=N–C) groups is 1. The van der Waals surface area contributed by atoms with Crippen LogP contribution in [0.15, 0.2) is 77.9 Å². The quantitative estimate of drug-likeness (QED) is 0.662. The lowest BCUT2D eigenvalue weighted by Gasteiger charge is -2.11. The van der Waals surface area contributed by atoms with Gasteiger partial charge >= 0.3 is 0 Å². The van der Waals surface area contributed by atoms with Crippen molar-refractivity contribution >= 4 is 11.4 Å². The fourth-order valence-corrected chi connectivity index (χ4v) is 2.48. The number of benzene rings is 2. The van der Waals surface area contributed by atoms with Gasteiger partial charge in [0.2, 0.25) is 0 Å². The first-order valence-electron chi connectivity index (χ1n) is 7.48. The molecule has 0 fully saturated rings. The molecule has 0 aliphatic carbocycles. The molecule has 3 aromatic rings. The van der Waals surface area contributed by atoms with Crippen molar-refractivity contribution in [3.63, 3.8) is 0 Å². The molecule has 3 heteroatoms. The molecule has 0 bridgehead atoms. The molecule has 23 heavy (non-hydrogen) atoms. The van der Waals surface area contributed by atoms with Gasteiger partial charge in [0.1, 0.15) is 11.4 Å². The Balaban J connectivity index is 2.19. The van der Waals surface area contributed by atoms with Crippen LogP contribution in [0.5, 0.6) is 5.75 Å². The van der Waals surface area contributed by atoms with E-state index in [4.69, 9.17) is 9.73 Å². The standard InChI is InChI=1S/C20H18N2O/c1-15-9-8-13-18(20(15)23-2)22-19(16-10-4-3-5-11-16)17-12-6-7-14-21-17/h3-14H,1-2H3. The van der Waals surface area contributed by atoms with Crippen molar-refractivity contribution in [2.45, 2.75) is 6.92 Å². The highest BCUT2D eigenvalue weighted by Crippen LogP contribution is 2.31. The third-order valence-electron chi connectivity index (χ3n) is 3.58. The molecule has 0 saturated carbocycles. The second kappa shape index (κ2) is 6.88. The van der Waals surface area contributed by atoms with Crippen LogP contribution < -0.4 is 4.74 Å². The molecule has 0 aliphatic heterocycles. The molecule has 114 valence electrons. The zero-order chi connectivity index (χ0) is 16.1. The molecule has 0 aliphatic rings. The largest absolute Gasteiger partial charge is 0.494 e. The number of methoxy groups -OCH3 is 1. The Morgan fingerprint density at radius 3 is 2.39 bits per heavy atom. The fraction of sp³-hybridized carbons (Fsp3) is 0.100. The first-order chi connectivity index (χ1) is 11.3. The maximum absolute atomic E-state index is 5.52. The second-order valence-corrected chi connectivity index (χ2v) is 5.17. The van der Waals surface area contributed by atoms with Crippen LogP contribution in [0.4, 0.5) is 5.69 Å². The molecule has 1 aromatic heterocycles. The SMILES string of the molecule is COc1c(C)cccc1N=C(c1ccccc1)c1ccccn1. The Hall–Kier alpha value is -2.94. The summed E-state index contributed by atoms with van der Waals surface area (Å²) in [5.74, 6) is 0.789. The lowest BCUT2D eigenvalue weighted by molar-refractivity contribution is 0.413. The maximum atomic E-state index is 5.52. The third kappa shape index (κ3) is 3.29. The van der Waals surface area contributed by atoms with Gasteiger partial charge < -0.3 is 4.74 Å². The summed E-state index contributed by atoms with van der Waals surface area (Å²) in [5, 5.41) is 0. The topological polar surface area (TPSA) is 34.5 Å². The van der Waals surface area contributed by atoms with Gasteiger partial charge in [-0.2, -0.15) is 0 Å². The van der Waals surface area contributed by atoms with Crippen molar-refractivity contribution in [2.75, 3.05) is 7.11 Å². The zero-order valence-corrected chi connectivity index (χ0v) is 13.2. The van der Waals surface area contributed by atoms with Gasteiger partial charge in [0.25, 0.3) is 0 Å². The Bertz CT molecular complexity index is 770. The molecule has 0 saturated heterocycles. The minimum absolute atomic E-state index is 0.789. The van der Waals surface area contributed by atoms with Gasteiger partial charge in [-0.05, 0) is 30.7 Å². The summed E-state index contributed by atoms with van der Waals surface area (Å²) in [6.07, 6.45) is 1.78. The lowest BCUT2D eigenvalue weighted by Crippen LogP contribution is -2.05. The summed E-state index contributed by atoms with van der Waals surface area (Å²) in [4.78, 5) is 9.32. The van der Waals surface area contributed by atoms with Gasteiger partial charge in [0.05, 0.1) is 18.5 Å². The van der Waals surface area contributed by atoms with Crippen LogP contribution in [0, 0.1) is 6.92 Å². The summed E-state index contributed by atoms with van der Waals surface area (Å²) in [6.45, 7) is 2.01. The minimum atomic E-state index is 0.789. The highest BCUT2D eigenvalue weighted by molar-refractivity contribution is 6.12. The Morgan fingerprint density at radius 1 is 0.913 bits per heavy atom. The lowest BCUT2D eigenvalue weighted by atomic mass is 10.1. The van der Waals surface area contributed by atoms with E-state index >= 15 is 0 Å². The summed E-state index contributed by atoms with van der Waals surface area (Å²) in [5.41, 5.74) is 4.55. The molecule has 2 aromatic carbocycles. The molecule has 0 radical (unpaired) electrons. The number of hydrogen-bond acceptors (Lipinski definition) is 3. The predicted octanol–water partition coefficient (Wildman–Crippen LogP) is 4.57. The minimum Gasteiger partial charge on any atom is -0.494 e. The number of para-hydroxylation sites is 1. The average Bonchev–Trinajstić information content (AvgIpc) is 2.61. The van der Waals surface area contributed by atoms with Crippen LogP contribution in [-0.2, 0) is 0 Å². The van der Waals surface area contributed by atoms with Crippen molar-refractivity contribution in [3.8, 4) is 5.75 Å². The van der Waals surface area contributed by atoms with Crippen LogP contribution in [0.3, 0.4) is 0 Å². The normalized spacial score (nSPS) is 11.3. The molecule has 0 N–H and O–H groups in total. The highest BCUT2D eigenvalue weighted by Gasteiger charge is 2.11. The van der Waals surface area contributed by atoms with Crippen molar-refractivity contribution < 1.29 is 4.74 Å². The van der Waals surface area contributed by atoms with Gasteiger partial charge in [-0.1, -0.05) is 48.5 Å². The fourth-order valence-electron chi connectivity index (χ4n) is 2.48. The number of hydrogen-bond donors (Lipinski definition) is 0. The molecule has 3 rings (SSSR count). The van der Waals surface area contributed by atoms with Crippen molar-refractivity contribution in [1.82, 2.24) is 4.98 Å². The van der Waals surface area contributed by atoms with Crippen molar-refractivity contribution in [2.24, 2.45) is 4.99 Å². The van der Waals surface area contributed by atoms with Crippen molar-refractivity contribution in [3.05, 3.63) is 89.7 Å². The molecule has 0 unspecified atom stereocenters. The summed E-state index contributed by atoms with van der Waals surface area (Å²) >= 11 is 0. The Morgan fingerprint density at radius 2 is 1.70 bits per heavy atom. The number of aryl methyl sites for hydroxylation is 1. The first kappa shape index (κ1) is 15.0. The average molecular weight is 302 g/mol. The number of rotatable bonds is 4. The zero-order valence-electron chi connectivity index (χ0n) is 13.2. The van der Waals surface area contributed by atoms with Gasteiger partial charge in [-0.3, -0.25) is 4.98 Å². The summed E-state index contributed by atoms with van der Waals surface area (Å²) in [7, 11) is 1.67. The van der Waals surface area contributed by atoms with E-state index in [1.165, 1.54) is 0 Å². The second-order valence-electron chi connectivity index (χ2n) is 5.17. The van der Waals surface area contributed by atoms with Gasteiger partial charge in [-0.15, -0.1) is 0 Å². The third-order valence-corrected chi connectivity index (χ3v) is 3.58. The molecule has 0 spiro atoms. The van der Waals surface area contributed by atoms with E-state index in [1.54, 1.807) is 13.3 Å². The number of aromatic nitrogens is 1. The predicted molar refractivity (Wildman–Crippen MR) is 93.7 cm³/mol. The maximum Gasteiger partial charge on any atom is 0.147 e. The van der Waals surface area contributed by atoms with E-state index in [-0.39, 0.29) is 0 Å².